The molecule has 0 bridgehead atoms. The molecule has 4 nitrogen and oxygen atoms in total. The number of nitrogens with one attached hydrogen (secondary N) is 1. The Labute approximate surface area is 161 Å². The predicted octanol–water partition coefficient (Wildman–Crippen LogP) is 3.90. The fourth-order valence-electron chi connectivity index (χ4n) is 4.11. The van der Waals surface area contributed by atoms with Gasteiger partial charge in [-0.05, 0) is 43.4 Å². The lowest BCUT2D eigenvalue weighted by Gasteiger charge is -2.38. The highest BCUT2D eigenvalue weighted by Gasteiger charge is 2.37. The summed E-state index contributed by atoms with van der Waals surface area (Å²) in [6, 6.07) is 14.1. The van der Waals surface area contributed by atoms with Crippen LogP contribution in [-0.4, -0.2) is 37.0 Å². The predicted molar refractivity (Wildman–Crippen MR) is 105 cm³/mol. The summed E-state index contributed by atoms with van der Waals surface area (Å²) in [5, 5.41) is 3.47. The van der Waals surface area contributed by atoms with Gasteiger partial charge < -0.3 is 14.6 Å². The lowest BCUT2D eigenvalue weighted by molar-refractivity contribution is -0.133. The molecular formula is C21H27ClN2O2. The fourth-order valence-corrected chi connectivity index (χ4v) is 4.11. The van der Waals surface area contributed by atoms with E-state index in [2.05, 4.69) is 5.32 Å². The van der Waals surface area contributed by atoms with Gasteiger partial charge in [0.1, 0.15) is 11.5 Å². The van der Waals surface area contributed by atoms with Gasteiger partial charge in [0.15, 0.2) is 0 Å². The summed E-state index contributed by atoms with van der Waals surface area (Å²) in [5.41, 5.74) is 1.54. The summed E-state index contributed by atoms with van der Waals surface area (Å²) in [5.74, 6) is 2.02. The van der Waals surface area contributed by atoms with Crippen LogP contribution in [0.25, 0.3) is 11.3 Å². The van der Waals surface area contributed by atoms with Crippen LogP contribution in [-0.2, 0) is 11.2 Å². The molecule has 1 aromatic heterocycles. The number of halogens is 1. The first kappa shape index (κ1) is 19.0. The van der Waals surface area contributed by atoms with Crippen molar-refractivity contribution in [3.63, 3.8) is 0 Å². The van der Waals surface area contributed by atoms with Gasteiger partial charge in [0.25, 0.3) is 0 Å². The number of hydrogen-bond donors (Lipinski definition) is 1. The standard InChI is InChI=1S/C21H26N2O2.ClH/c24-20(23-14-11-21(12-15-23)10-13-22-16-21)9-7-18-6-8-19(25-18)17-4-2-1-3-5-17;/h1-6,8,22H,7,9-16H2;1H. The first-order valence-electron chi connectivity index (χ1n) is 9.37. The molecule has 26 heavy (non-hydrogen) atoms. The Balaban J connectivity index is 0.00000196. The minimum absolute atomic E-state index is 0. The summed E-state index contributed by atoms with van der Waals surface area (Å²) in [7, 11) is 0. The van der Waals surface area contributed by atoms with Crippen LogP contribution < -0.4 is 5.32 Å². The van der Waals surface area contributed by atoms with Crippen LogP contribution in [0.15, 0.2) is 46.9 Å². The van der Waals surface area contributed by atoms with Gasteiger partial charge in [0.2, 0.25) is 5.91 Å². The maximum absolute atomic E-state index is 12.5. The first-order chi connectivity index (χ1) is 12.2. The van der Waals surface area contributed by atoms with E-state index in [0.29, 0.717) is 18.3 Å². The third kappa shape index (κ3) is 4.13. The van der Waals surface area contributed by atoms with E-state index in [1.54, 1.807) is 0 Å². The zero-order valence-electron chi connectivity index (χ0n) is 15.1. The van der Waals surface area contributed by atoms with Gasteiger partial charge in [-0.3, -0.25) is 4.79 Å². The minimum Gasteiger partial charge on any atom is -0.461 e. The van der Waals surface area contributed by atoms with Crippen LogP contribution in [0.5, 0.6) is 0 Å². The number of hydrogen-bond acceptors (Lipinski definition) is 3. The highest BCUT2D eigenvalue weighted by Crippen LogP contribution is 2.37. The van der Waals surface area contributed by atoms with Crippen molar-refractivity contribution in [3.05, 3.63) is 48.2 Å². The Morgan fingerprint density at radius 3 is 2.54 bits per heavy atom. The fraction of sp³-hybridized carbons (Fsp3) is 0.476. The molecule has 0 unspecified atom stereocenters. The molecule has 1 amide bonds. The molecule has 2 saturated heterocycles. The number of carbonyl (C=O) groups excluding carboxylic acids is 1. The summed E-state index contributed by atoms with van der Waals surface area (Å²) >= 11 is 0. The number of piperidine rings is 1. The van der Waals surface area contributed by atoms with Gasteiger partial charge in [0.05, 0.1) is 0 Å². The largest absolute Gasteiger partial charge is 0.461 e. The number of aryl methyl sites for hydroxylation is 1. The highest BCUT2D eigenvalue weighted by molar-refractivity contribution is 5.85. The Hall–Kier alpha value is -1.78. The molecular weight excluding hydrogens is 348 g/mol. The average molecular weight is 375 g/mol. The molecule has 3 heterocycles. The topological polar surface area (TPSA) is 45.5 Å². The van der Waals surface area contributed by atoms with Crippen LogP contribution in [0.2, 0.25) is 0 Å². The Kier molecular flexibility index (Phi) is 6.05. The number of rotatable bonds is 4. The monoisotopic (exact) mass is 374 g/mol. The van der Waals surface area contributed by atoms with Gasteiger partial charge >= 0.3 is 0 Å². The van der Waals surface area contributed by atoms with Crippen molar-refractivity contribution < 1.29 is 9.21 Å². The molecule has 5 heteroatoms. The molecule has 2 aromatic rings. The normalized spacial score (nSPS) is 18.7. The summed E-state index contributed by atoms with van der Waals surface area (Å²) in [6.45, 7) is 4.09. The van der Waals surface area contributed by atoms with Crippen molar-refractivity contribution in [2.24, 2.45) is 5.41 Å². The first-order valence-corrected chi connectivity index (χ1v) is 9.37. The molecule has 0 aliphatic carbocycles. The number of furan rings is 1. The molecule has 140 valence electrons. The minimum atomic E-state index is 0. The molecule has 1 N–H and O–H groups in total. The second-order valence-electron chi connectivity index (χ2n) is 7.44. The SMILES string of the molecule is Cl.O=C(CCc1ccc(-c2ccccc2)o1)N1CCC2(CCNC2)CC1. The number of amides is 1. The summed E-state index contributed by atoms with van der Waals surface area (Å²) in [6.07, 6.45) is 4.76. The third-order valence-corrected chi connectivity index (χ3v) is 5.81. The van der Waals surface area contributed by atoms with Crippen LogP contribution in [0, 0.1) is 5.41 Å². The van der Waals surface area contributed by atoms with Crippen molar-refractivity contribution >= 4 is 18.3 Å². The molecule has 0 saturated carbocycles. The zero-order chi connectivity index (χ0) is 17.1. The molecule has 4 rings (SSSR count). The van der Waals surface area contributed by atoms with E-state index in [0.717, 1.165) is 56.1 Å². The van der Waals surface area contributed by atoms with E-state index < -0.39 is 0 Å². The number of likely N-dealkylation sites (tertiary alicyclic amines) is 1. The van der Waals surface area contributed by atoms with Crippen LogP contribution >= 0.6 is 12.4 Å². The van der Waals surface area contributed by atoms with E-state index in [4.69, 9.17) is 4.42 Å². The van der Waals surface area contributed by atoms with Gasteiger partial charge in [0, 0.05) is 38.0 Å². The van der Waals surface area contributed by atoms with Crippen LogP contribution in [0.1, 0.15) is 31.4 Å². The maximum atomic E-state index is 12.5. The maximum Gasteiger partial charge on any atom is 0.223 e. The molecule has 0 atom stereocenters. The smallest absolute Gasteiger partial charge is 0.223 e. The molecule has 2 aliphatic heterocycles. The molecule has 2 aliphatic rings. The van der Waals surface area contributed by atoms with E-state index in [1.807, 2.05) is 47.4 Å². The number of carbonyl (C=O) groups is 1. The van der Waals surface area contributed by atoms with E-state index in [-0.39, 0.29) is 18.3 Å². The third-order valence-electron chi connectivity index (χ3n) is 5.81. The van der Waals surface area contributed by atoms with Crippen LogP contribution in [0.3, 0.4) is 0 Å². The van der Waals surface area contributed by atoms with E-state index in [9.17, 15) is 4.79 Å². The second-order valence-corrected chi connectivity index (χ2v) is 7.44. The summed E-state index contributed by atoms with van der Waals surface area (Å²) < 4.78 is 5.90. The Morgan fingerprint density at radius 2 is 1.85 bits per heavy atom. The van der Waals surface area contributed by atoms with Crippen LogP contribution in [0.4, 0.5) is 0 Å². The van der Waals surface area contributed by atoms with Gasteiger partial charge in [-0.2, -0.15) is 0 Å². The lowest BCUT2D eigenvalue weighted by atomic mass is 9.78. The number of benzene rings is 1. The van der Waals surface area contributed by atoms with Crippen molar-refractivity contribution in [2.75, 3.05) is 26.2 Å². The van der Waals surface area contributed by atoms with Crippen molar-refractivity contribution in [2.45, 2.75) is 32.1 Å². The zero-order valence-corrected chi connectivity index (χ0v) is 15.9. The van der Waals surface area contributed by atoms with Gasteiger partial charge in [-0.1, -0.05) is 30.3 Å². The van der Waals surface area contributed by atoms with Crippen molar-refractivity contribution in [3.8, 4) is 11.3 Å². The van der Waals surface area contributed by atoms with Crippen molar-refractivity contribution in [1.29, 1.82) is 0 Å². The average Bonchev–Trinajstić information content (AvgIpc) is 3.31. The molecule has 1 spiro atoms. The lowest BCUT2D eigenvalue weighted by Crippen LogP contribution is -2.44. The molecule has 1 aromatic carbocycles. The van der Waals surface area contributed by atoms with Gasteiger partial charge in [-0.15, -0.1) is 12.4 Å². The highest BCUT2D eigenvalue weighted by atomic mass is 35.5. The van der Waals surface area contributed by atoms with Gasteiger partial charge in [-0.25, -0.2) is 0 Å². The quantitative estimate of drug-likeness (QED) is 0.882. The second kappa shape index (κ2) is 8.28. The van der Waals surface area contributed by atoms with Crippen molar-refractivity contribution in [1.82, 2.24) is 10.2 Å². The Bertz CT molecular complexity index is 713. The summed E-state index contributed by atoms with van der Waals surface area (Å²) in [4.78, 5) is 14.6. The number of nitrogens with zero attached hydrogens (tertiary/aromatic N) is 1. The molecule has 2 fully saturated rings. The Morgan fingerprint density at radius 1 is 1.08 bits per heavy atom. The van der Waals surface area contributed by atoms with E-state index in [1.165, 1.54) is 6.42 Å². The molecule has 0 radical (unpaired) electrons. The van der Waals surface area contributed by atoms with E-state index >= 15 is 0 Å².